The molecule has 0 aliphatic rings. The first kappa shape index (κ1) is 12.9. The zero-order chi connectivity index (χ0) is 12.0. The van der Waals surface area contributed by atoms with E-state index in [0.29, 0.717) is 5.15 Å². The van der Waals surface area contributed by atoms with E-state index in [2.05, 4.69) is 15.3 Å². The van der Waals surface area contributed by atoms with Gasteiger partial charge in [0.2, 0.25) is 11.9 Å². The van der Waals surface area contributed by atoms with Crippen molar-refractivity contribution in [2.24, 2.45) is 5.73 Å². The van der Waals surface area contributed by atoms with E-state index < -0.39 is 0 Å². The number of rotatable bonds is 5. The van der Waals surface area contributed by atoms with Crippen molar-refractivity contribution in [3.05, 3.63) is 17.4 Å². The Morgan fingerprint density at radius 1 is 1.69 bits per heavy atom. The summed E-state index contributed by atoms with van der Waals surface area (Å²) in [5.41, 5.74) is 5.74. The summed E-state index contributed by atoms with van der Waals surface area (Å²) in [4.78, 5) is 19.2. The highest BCUT2D eigenvalue weighted by molar-refractivity contribution is 6.29. The van der Waals surface area contributed by atoms with Gasteiger partial charge >= 0.3 is 0 Å². The third-order valence-electron chi connectivity index (χ3n) is 1.98. The summed E-state index contributed by atoms with van der Waals surface area (Å²) in [6.07, 6.45) is 3.53. The van der Waals surface area contributed by atoms with Crippen LogP contribution in [0.15, 0.2) is 12.3 Å². The number of halogens is 1. The predicted molar refractivity (Wildman–Crippen MR) is 63.2 cm³/mol. The van der Waals surface area contributed by atoms with Crippen molar-refractivity contribution in [2.75, 3.05) is 5.32 Å². The maximum atomic E-state index is 11.5. The summed E-state index contributed by atoms with van der Waals surface area (Å²) in [5, 5.41) is 2.84. The Bertz CT molecular complexity index is 358. The van der Waals surface area contributed by atoms with E-state index in [0.717, 1.165) is 12.8 Å². The molecule has 16 heavy (non-hydrogen) atoms. The molecule has 5 nitrogen and oxygen atoms in total. The molecule has 0 fully saturated rings. The van der Waals surface area contributed by atoms with E-state index in [9.17, 15) is 4.79 Å². The number of anilines is 1. The lowest BCUT2D eigenvalue weighted by molar-refractivity contribution is -0.116. The van der Waals surface area contributed by atoms with Crippen LogP contribution in [-0.4, -0.2) is 21.9 Å². The van der Waals surface area contributed by atoms with Crippen LogP contribution in [0.1, 0.15) is 26.2 Å². The molecule has 0 spiro atoms. The largest absolute Gasteiger partial charge is 0.327 e. The van der Waals surface area contributed by atoms with Gasteiger partial charge in [-0.05, 0) is 12.5 Å². The van der Waals surface area contributed by atoms with E-state index in [1.807, 2.05) is 6.92 Å². The number of nitrogens with zero attached hydrogens (tertiary/aromatic N) is 2. The lowest BCUT2D eigenvalue weighted by Crippen LogP contribution is -2.27. The average molecular weight is 243 g/mol. The zero-order valence-electron chi connectivity index (χ0n) is 9.11. The van der Waals surface area contributed by atoms with Crippen LogP contribution in [0.5, 0.6) is 0 Å². The van der Waals surface area contributed by atoms with E-state index in [4.69, 9.17) is 17.3 Å². The Labute approximate surface area is 99.4 Å². The molecule has 1 heterocycles. The second-order valence-corrected chi connectivity index (χ2v) is 3.89. The van der Waals surface area contributed by atoms with Crippen LogP contribution < -0.4 is 11.1 Å². The van der Waals surface area contributed by atoms with Gasteiger partial charge in [-0.2, -0.15) is 0 Å². The van der Waals surface area contributed by atoms with Crippen LogP contribution in [0, 0.1) is 0 Å². The van der Waals surface area contributed by atoms with Crippen LogP contribution in [0.25, 0.3) is 0 Å². The molecule has 0 saturated heterocycles. The third-order valence-corrected chi connectivity index (χ3v) is 2.19. The molecule has 3 N–H and O–H groups in total. The van der Waals surface area contributed by atoms with Crippen molar-refractivity contribution in [3.63, 3.8) is 0 Å². The second-order valence-electron chi connectivity index (χ2n) is 3.50. The van der Waals surface area contributed by atoms with Gasteiger partial charge in [-0.25, -0.2) is 9.97 Å². The van der Waals surface area contributed by atoms with Gasteiger partial charge in [0, 0.05) is 18.7 Å². The molecule has 6 heteroatoms. The van der Waals surface area contributed by atoms with Crippen LogP contribution in [0.2, 0.25) is 5.15 Å². The fraction of sp³-hybridized carbons (Fsp3) is 0.500. The summed E-state index contributed by atoms with van der Waals surface area (Å²) in [5.74, 6) is 0.0180. The standard InChI is InChI=1S/C10H15ClN4O/c1-2-3-7(12)6-9(16)15-10-13-5-4-8(11)14-10/h4-5,7H,2-3,6,12H2,1H3,(H,13,14,15,16). The molecule has 88 valence electrons. The molecule has 1 amide bonds. The highest BCUT2D eigenvalue weighted by Gasteiger charge is 2.10. The lowest BCUT2D eigenvalue weighted by Gasteiger charge is -2.09. The molecular weight excluding hydrogens is 228 g/mol. The summed E-state index contributed by atoms with van der Waals surface area (Å²) < 4.78 is 0. The fourth-order valence-electron chi connectivity index (χ4n) is 1.28. The van der Waals surface area contributed by atoms with Crippen molar-refractivity contribution in [3.8, 4) is 0 Å². The van der Waals surface area contributed by atoms with Gasteiger partial charge in [-0.1, -0.05) is 24.9 Å². The Morgan fingerprint density at radius 2 is 2.44 bits per heavy atom. The smallest absolute Gasteiger partial charge is 0.230 e. The first-order valence-corrected chi connectivity index (χ1v) is 5.53. The topological polar surface area (TPSA) is 80.9 Å². The Morgan fingerprint density at radius 3 is 3.06 bits per heavy atom. The van der Waals surface area contributed by atoms with Gasteiger partial charge in [0.25, 0.3) is 0 Å². The van der Waals surface area contributed by atoms with Crippen molar-refractivity contribution in [1.82, 2.24) is 9.97 Å². The summed E-state index contributed by atoms with van der Waals surface area (Å²) >= 11 is 5.66. The number of amides is 1. The maximum Gasteiger partial charge on any atom is 0.230 e. The molecule has 1 atom stereocenters. The van der Waals surface area contributed by atoms with E-state index >= 15 is 0 Å². The van der Waals surface area contributed by atoms with Gasteiger partial charge in [0.15, 0.2) is 0 Å². The number of hydrogen-bond acceptors (Lipinski definition) is 4. The minimum Gasteiger partial charge on any atom is -0.327 e. The normalized spacial score (nSPS) is 12.2. The number of nitrogens with two attached hydrogens (primary N) is 1. The number of carbonyl (C=O) groups is 1. The molecule has 1 aromatic rings. The highest BCUT2D eigenvalue weighted by Crippen LogP contribution is 2.06. The van der Waals surface area contributed by atoms with E-state index in [1.54, 1.807) is 6.07 Å². The average Bonchev–Trinajstić information content (AvgIpc) is 2.17. The Balaban J connectivity index is 2.45. The summed E-state index contributed by atoms with van der Waals surface area (Å²) in [6, 6.07) is 1.42. The van der Waals surface area contributed by atoms with E-state index in [-0.39, 0.29) is 24.3 Å². The van der Waals surface area contributed by atoms with Crippen molar-refractivity contribution in [2.45, 2.75) is 32.2 Å². The number of hydrogen-bond donors (Lipinski definition) is 2. The molecule has 0 aromatic carbocycles. The minimum atomic E-state index is -0.191. The molecule has 0 saturated carbocycles. The predicted octanol–water partition coefficient (Wildman–Crippen LogP) is 1.59. The van der Waals surface area contributed by atoms with Gasteiger partial charge in [0.05, 0.1) is 0 Å². The molecule has 0 bridgehead atoms. The SMILES string of the molecule is CCCC(N)CC(=O)Nc1nccc(Cl)n1. The quantitative estimate of drug-likeness (QED) is 0.769. The molecule has 1 aromatic heterocycles. The molecule has 1 rings (SSSR count). The van der Waals surface area contributed by atoms with Gasteiger partial charge in [0.1, 0.15) is 5.15 Å². The number of aromatic nitrogens is 2. The van der Waals surface area contributed by atoms with E-state index in [1.165, 1.54) is 6.20 Å². The molecule has 0 aliphatic carbocycles. The first-order valence-electron chi connectivity index (χ1n) is 5.15. The second kappa shape index (κ2) is 6.40. The molecular formula is C10H15ClN4O. The zero-order valence-corrected chi connectivity index (χ0v) is 9.87. The molecule has 1 unspecified atom stereocenters. The van der Waals surface area contributed by atoms with Crippen LogP contribution in [0.4, 0.5) is 5.95 Å². The third kappa shape index (κ3) is 4.55. The van der Waals surface area contributed by atoms with Crippen LogP contribution in [0.3, 0.4) is 0 Å². The first-order chi connectivity index (χ1) is 7.61. The molecule has 0 radical (unpaired) electrons. The van der Waals surface area contributed by atoms with Crippen molar-refractivity contribution in [1.29, 1.82) is 0 Å². The van der Waals surface area contributed by atoms with Gasteiger partial charge < -0.3 is 5.73 Å². The van der Waals surface area contributed by atoms with Crippen LogP contribution >= 0.6 is 11.6 Å². The Hall–Kier alpha value is -1.20. The lowest BCUT2D eigenvalue weighted by atomic mass is 10.1. The summed E-state index contributed by atoms with van der Waals surface area (Å²) in [6.45, 7) is 2.03. The summed E-state index contributed by atoms with van der Waals surface area (Å²) in [7, 11) is 0. The van der Waals surface area contributed by atoms with Crippen LogP contribution in [-0.2, 0) is 4.79 Å². The van der Waals surface area contributed by atoms with Crippen molar-refractivity contribution >= 4 is 23.5 Å². The number of carbonyl (C=O) groups excluding carboxylic acids is 1. The van der Waals surface area contributed by atoms with Gasteiger partial charge in [-0.3, -0.25) is 10.1 Å². The minimum absolute atomic E-state index is 0.121. The fourth-order valence-corrected chi connectivity index (χ4v) is 1.42. The maximum absolute atomic E-state index is 11.5. The van der Waals surface area contributed by atoms with Gasteiger partial charge in [-0.15, -0.1) is 0 Å². The number of nitrogens with one attached hydrogen (secondary N) is 1. The molecule has 0 aliphatic heterocycles. The highest BCUT2D eigenvalue weighted by atomic mass is 35.5. The Kier molecular flexibility index (Phi) is 5.14. The monoisotopic (exact) mass is 242 g/mol. The van der Waals surface area contributed by atoms with Crippen molar-refractivity contribution < 1.29 is 4.79 Å².